The second kappa shape index (κ2) is 10.5. The van der Waals surface area contributed by atoms with E-state index in [4.69, 9.17) is 8.83 Å². The molecular formula is C24H28N2O4. The minimum absolute atomic E-state index is 0.00988. The van der Waals surface area contributed by atoms with Gasteiger partial charge < -0.3 is 18.6 Å². The van der Waals surface area contributed by atoms with Gasteiger partial charge in [0.25, 0.3) is 5.91 Å². The van der Waals surface area contributed by atoms with Crippen LogP contribution in [0.5, 0.6) is 0 Å². The first kappa shape index (κ1) is 21.4. The third-order valence-electron chi connectivity index (χ3n) is 5.21. The van der Waals surface area contributed by atoms with Crippen molar-refractivity contribution in [1.82, 2.24) is 9.80 Å². The number of hydrogen-bond donors (Lipinski definition) is 0. The smallest absolute Gasteiger partial charge is 0.290 e. The standard InChI is InChI=1S/C24H28N2O4/c1-3-19(2)26(24(28)22-12-8-16-30-22)18-23(27)25(17-21-11-7-15-29-21)14-13-20-9-5-4-6-10-20/h4-12,15-16,19H,3,13-14,17-18H2,1-2H3. The summed E-state index contributed by atoms with van der Waals surface area (Å²) in [6.45, 7) is 4.82. The van der Waals surface area contributed by atoms with Crippen molar-refractivity contribution in [3.63, 3.8) is 0 Å². The number of nitrogens with zero attached hydrogens (tertiary/aromatic N) is 2. The van der Waals surface area contributed by atoms with Gasteiger partial charge in [-0.2, -0.15) is 0 Å². The van der Waals surface area contributed by atoms with Crippen molar-refractivity contribution in [3.8, 4) is 0 Å². The lowest BCUT2D eigenvalue weighted by molar-refractivity contribution is -0.133. The molecule has 2 heterocycles. The van der Waals surface area contributed by atoms with Crippen LogP contribution in [-0.4, -0.2) is 40.7 Å². The van der Waals surface area contributed by atoms with Gasteiger partial charge in [-0.15, -0.1) is 0 Å². The van der Waals surface area contributed by atoms with Crippen molar-refractivity contribution in [2.75, 3.05) is 13.1 Å². The summed E-state index contributed by atoms with van der Waals surface area (Å²) in [6, 6.07) is 16.9. The van der Waals surface area contributed by atoms with Gasteiger partial charge in [-0.25, -0.2) is 0 Å². The summed E-state index contributed by atoms with van der Waals surface area (Å²) in [6.07, 6.45) is 4.53. The molecule has 1 unspecified atom stereocenters. The molecule has 158 valence electrons. The Morgan fingerprint density at radius 1 is 0.967 bits per heavy atom. The van der Waals surface area contributed by atoms with Crippen LogP contribution >= 0.6 is 0 Å². The molecule has 0 bridgehead atoms. The van der Waals surface area contributed by atoms with Crippen LogP contribution in [0.2, 0.25) is 0 Å². The zero-order valence-corrected chi connectivity index (χ0v) is 17.5. The minimum Gasteiger partial charge on any atom is -0.467 e. The maximum atomic E-state index is 13.3. The second-order valence-corrected chi connectivity index (χ2v) is 7.30. The molecule has 1 atom stereocenters. The van der Waals surface area contributed by atoms with E-state index in [-0.39, 0.29) is 30.2 Å². The monoisotopic (exact) mass is 408 g/mol. The van der Waals surface area contributed by atoms with E-state index >= 15 is 0 Å². The number of furan rings is 2. The lowest BCUT2D eigenvalue weighted by Crippen LogP contribution is -2.46. The lowest BCUT2D eigenvalue weighted by atomic mass is 10.1. The average Bonchev–Trinajstić information content (AvgIpc) is 3.49. The fourth-order valence-electron chi connectivity index (χ4n) is 3.23. The van der Waals surface area contributed by atoms with Gasteiger partial charge in [0.15, 0.2) is 5.76 Å². The van der Waals surface area contributed by atoms with Crippen LogP contribution in [-0.2, 0) is 17.8 Å². The first-order valence-corrected chi connectivity index (χ1v) is 10.3. The van der Waals surface area contributed by atoms with Gasteiger partial charge in [0.1, 0.15) is 12.3 Å². The molecule has 3 aromatic rings. The van der Waals surface area contributed by atoms with E-state index in [1.54, 1.807) is 34.3 Å². The normalized spacial score (nSPS) is 11.8. The number of carbonyl (C=O) groups excluding carboxylic acids is 2. The number of benzene rings is 1. The van der Waals surface area contributed by atoms with Crippen molar-refractivity contribution < 1.29 is 18.4 Å². The molecule has 0 aliphatic carbocycles. The second-order valence-electron chi connectivity index (χ2n) is 7.30. The highest BCUT2D eigenvalue weighted by molar-refractivity contribution is 5.94. The summed E-state index contributed by atoms with van der Waals surface area (Å²) < 4.78 is 10.7. The van der Waals surface area contributed by atoms with E-state index in [0.717, 1.165) is 18.4 Å². The predicted octanol–water partition coefficient (Wildman–Crippen LogP) is 4.38. The molecule has 1 aromatic carbocycles. The molecule has 0 aliphatic rings. The maximum Gasteiger partial charge on any atom is 0.290 e. The van der Waals surface area contributed by atoms with E-state index in [1.165, 1.54) is 6.26 Å². The Morgan fingerprint density at radius 3 is 2.33 bits per heavy atom. The minimum atomic E-state index is -0.274. The molecule has 0 fully saturated rings. The largest absolute Gasteiger partial charge is 0.467 e. The Morgan fingerprint density at radius 2 is 1.70 bits per heavy atom. The lowest BCUT2D eigenvalue weighted by Gasteiger charge is -2.30. The predicted molar refractivity (Wildman–Crippen MR) is 114 cm³/mol. The van der Waals surface area contributed by atoms with Crippen molar-refractivity contribution in [3.05, 3.63) is 84.2 Å². The molecule has 0 saturated carbocycles. The molecule has 2 amide bonds. The summed E-state index contributed by atoms with van der Waals surface area (Å²) in [4.78, 5) is 29.5. The maximum absolute atomic E-state index is 13.3. The fourth-order valence-corrected chi connectivity index (χ4v) is 3.23. The molecule has 0 saturated heterocycles. The van der Waals surface area contributed by atoms with Crippen LogP contribution < -0.4 is 0 Å². The Balaban J connectivity index is 1.74. The van der Waals surface area contributed by atoms with Gasteiger partial charge in [-0.05, 0) is 49.6 Å². The first-order valence-electron chi connectivity index (χ1n) is 10.3. The third-order valence-corrected chi connectivity index (χ3v) is 5.21. The van der Waals surface area contributed by atoms with Crippen molar-refractivity contribution in [2.45, 2.75) is 39.3 Å². The van der Waals surface area contributed by atoms with Gasteiger partial charge in [0.05, 0.1) is 19.1 Å². The first-order chi connectivity index (χ1) is 14.6. The molecule has 30 heavy (non-hydrogen) atoms. The Bertz CT molecular complexity index is 904. The Hall–Kier alpha value is -3.28. The molecule has 0 spiro atoms. The van der Waals surface area contributed by atoms with Crippen molar-refractivity contribution in [1.29, 1.82) is 0 Å². The van der Waals surface area contributed by atoms with E-state index < -0.39 is 0 Å². The highest BCUT2D eigenvalue weighted by atomic mass is 16.3. The number of amides is 2. The fraction of sp³-hybridized carbons (Fsp3) is 0.333. The van der Waals surface area contributed by atoms with Gasteiger partial charge >= 0.3 is 0 Å². The molecule has 0 N–H and O–H groups in total. The van der Waals surface area contributed by atoms with Crippen LogP contribution in [0.15, 0.2) is 76.0 Å². The van der Waals surface area contributed by atoms with E-state index in [0.29, 0.717) is 18.8 Å². The molecule has 0 aliphatic heterocycles. The summed E-state index contributed by atoms with van der Waals surface area (Å²) in [5.41, 5.74) is 1.15. The number of carbonyl (C=O) groups is 2. The third kappa shape index (κ3) is 5.63. The molecular weight excluding hydrogens is 380 g/mol. The van der Waals surface area contributed by atoms with Gasteiger partial charge in [0, 0.05) is 12.6 Å². The molecule has 6 heteroatoms. The molecule has 6 nitrogen and oxygen atoms in total. The van der Waals surface area contributed by atoms with E-state index in [1.807, 2.05) is 50.2 Å². The topological polar surface area (TPSA) is 66.9 Å². The SMILES string of the molecule is CCC(C)N(CC(=O)N(CCc1ccccc1)Cc1ccco1)C(=O)c1ccco1. The van der Waals surface area contributed by atoms with Gasteiger partial charge in [-0.3, -0.25) is 9.59 Å². The zero-order chi connectivity index (χ0) is 21.3. The van der Waals surface area contributed by atoms with Crippen LogP contribution in [0.25, 0.3) is 0 Å². The average molecular weight is 408 g/mol. The van der Waals surface area contributed by atoms with Crippen LogP contribution in [0.4, 0.5) is 0 Å². The van der Waals surface area contributed by atoms with Crippen molar-refractivity contribution >= 4 is 11.8 Å². The molecule has 3 rings (SSSR count). The summed E-state index contributed by atoms with van der Waals surface area (Å²) in [7, 11) is 0. The number of rotatable bonds is 10. The number of hydrogen-bond acceptors (Lipinski definition) is 4. The van der Waals surface area contributed by atoms with E-state index in [9.17, 15) is 9.59 Å². The van der Waals surface area contributed by atoms with Crippen molar-refractivity contribution in [2.24, 2.45) is 0 Å². The molecule has 2 aromatic heterocycles. The van der Waals surface area contributed by atoms with Gasteiger partial charge in [0.2, 0.25) is 5.91 Å². The quantitative estimate of drug-likeness (QED) is 0.499. The van der Waals surface area contributed by atoms with Crippen LogP contribution in [0.1, 0.15) is 42.1 Å². The van der Waals surface area contributed by atoms with E-state index in [2.05, 4.69) is 0 Å². The summed E-state index contributed by atoms with van der Waals surface area (Å²) in [5, 5.41) is 0. The summed E-state index contributed by atoms with van der Waals surface area (Å²) in [5.74, 6) is 0.556. The van der Waals surface area contributed by atoms with Crippen LogP contribution in [0.3, 0.4) is 0 Å². The Labute approximate surface area is 177 Å². The highest BCUT2D eigenvalue weighted by Gasteiger charge is 2.27. The Kier molecular flexibility index (Phi) is 7.49. The zero-order valence-electron chi connectivity index (χ0n) is 17.5. The van der Waals surface area contributed by atoms with Crippen LogP contribution in [0, 0.1) is 0 Å². The molecule has 0 radical (unpaired) electrons. The highest BCUT2D eigenvalue weighted by Crippen LogP contribution is 2.14. The summed E-state index contributed by atoms with van der Waals surface area (Å²) >= 11 is 0. The van der Waals surface area contributed by atoms with Gasteiger partial charge in [-0.1, -0.05) is 37.3 Å².